The molecule has 4 heterocycles. The first-order chi connectivity index (χ1) is 15.2. The van der Waals surface area contributed by atoms with Crippen LogP contribution < -0.4 is 5.73 Å². The number of hydrogen-bond donors (Lipinski definition) is 1. The van der Waals surface area contributed by atoms with E-state index in [2.05, 4.69) is 56.7 Å². The number of nitrogen functional groups attached to an aromatic ring is 1. The number of fused-ring (bicyclic) bond motifs is 1. The summed E-state index contributed by atoms with van der Waals surface area (Å²) in [5.74, 6) is 0.874. The minimum Gasteiger partial charge on any atom is -0.366 e. The van der Waals surface area contributed by atoms with Crippen molar-refractivity contribution in [3.05, 3.63) is 84.4 Å². The van der Waals surface area contributed by atoms with Gasteiger partial charge in [-0.25, -0.2) is 4.52 Å². The van der Waals surface area contributed by atoms with Gasteiger partial charge in [-0.1, -0.05) is 30.3 Å². The monoisotopic (exact) mass is 407 g/mol. The van der Waals surface area contributed by atoms with Gasteiger partial charge < -0.3 is 5.73 Å². The molecule has 7 nitrogen and oxygen atoms in total. The molecule has 1 fully saturated rings. The lowest BCUT2D eigenvalue weighted by Crippen LogP contribution is -1.99. The molecular weight excluding hydrogens is 386 g/mol. The van der Waals surface area contributed by atoms with Gasteiger partial charge in [0.2, 0.25) is 5.95 Å². The Morgan fingerprint density at radius 3 is 2.58 bits per heavy atom. The molecule has 0 bridgehead atoms. The summed E-state index contributed by atoms with van der Waals surface area (Å²) in [5.41, 5.74) is 12.9. The molecule has 1 aliphatic carbocycles. The first-order valence-electron chi connectivity index (χ1n) is 10.4. The lowest BCUT2D eigenvalue weighted by Gasteiger charge is -2.08. The summed E-state index contributed by atoms with van der Waals surface area (Å²) in [5, 5.41) is 8.94. The summed E-state index contributed by atoms with van der Waals surface area (Å²) in [6, 6.07) is 18.6. The van der Waals surface area contributed by atoms with Gasteiger partial charge in [0.1, 0.15) is 0 Å². The number of anilines is 1. The number of aromatic nitrogens is 6. The highest BCUT2D eigenvalue weighted by atomic mass is 15.3. The molecule has 0 aliphatic heterocycles. The Kier molecular flexibility index (Phi) is 4.06. The third-order valence-electron chi connectivity index (χ3n) is 5.69. The van der Waals surface area contributed by atoms with Crippen LogP contribution in [0.4, 0.5) is 5.95 Å². The molecule has 0 unspecified atom stereocenters. The van der Waals surface area contributed by atoms with Crippen LogP contribution in [0, 0.1) is 0 Å². The van der Waals surface area contributed by atoms with Crippen LogP contribution in [0.25, 0.3) is 28.0 Å². The third kappa shape index (κ3) is 3.44. The second-order valence-corrected chi connectivity index (χ2v) is 8.03. The Morgan fingerprint density at radius 2 is 1.81 bits per heavy atom. The Hall–Kier alpha value is -4.00. The molecule has 4 aromatic heterocycles. The fourth-order valence-corrected chi connectivity index (χ4v) is 3.92. The van der Waals surface area contributed by atoms with Crippen LogP contribution >= 0.6 is 0 Å². The van der Waals surface area contributed by atoms with Gasteiger partial charge in [-0.3, -0.25) is 9.67 Å². The number of hydrogen-bond acceptors (Lipinski definition) is 5. The SMILES string of the molecule is Nc1nc2cc(-c3cnn(Cc4ccccc4)c3)cc(-c3ccc(C4CC4)nc3)n2n1. The molecule has 1 saturated carbocycles. The van der Waals surface area contributed by atoms with Crippen LogP contribution in [0.2, 0.25) is 0 Å². The van der Waals surface area contributed by atoms with Crippen molar-refractivity contribution in [3.63, 3.8) is 0 Å². The number of benzene rings is 1. The summed E-state index contributed by atoms with van der Waals surface area (Å²) in [4.78, 5) is 9.07. The van der Waals surface area contributed by atoms with E-state index in [0.717, 1.165) is 34.6 Å². The van der Waals surface area contributed by atoms with E-state index in [1.807, 2.05) is 41.3 Å². The standard InChI is InChI=1S/C24H21N7/c25-24-28-23-11-19(20-13-27-30(15-20)14-16-4-2-1-3-5-16)10-22(31(23)29-24)18-8-9-21(26-12-18)17-6-7-17/h1-5,8-13,15,17H,6-7,14H2,(H2,25,29). The van der Waals surface area contributed by atoms with Gasteiger partial charge in [-0.15, -0.1) is 5.10 Å². The molecule has 6 rings (SSSR count). The lowest BCUT2D eigenvalue weighted by atomic mass is 10.1. The van der Waals surface area contributed by atoms with Crippen LogP contribution in [0.5, 0.6) is 0 Å². The van der Waals surface area contributed by atoms with E-state index in [1.54, 1.807) is 4.52 Å². The van der Waals surface area contributed by atoms with Crippen LogP contribution in [0.1, 0.15) is 30.0 Å². The molecular formula is C24H21N7. The van der Waals surface area contributed by atoms with Crippen molar-refractivity contribution in [1.82, 2.24) is 29.4 Å². The van der Waals surface area contributed by atoms with Gasteiger partial charge in [0.15, 0.2) is 5.65 Å². The molecule has 0 radical (unpaired) electrons. The first-order valence-corrected chi connectivity index (χ1v) is 10.4. The smallest absolute Gasteiger partial charge is 0.240 e. The maximum absolute atomic E-state index is 5.91. The van der Waals surface area contributed by atoms with Gasteiger partial charge in [-0.2, -0.15) is 10.1 Å². The average molecular weight is 407 g/mol. The molecule has 2 N–H and O–H groups in total. The summed E-state index contributed by atoms with van der Waals surface area (Å²) in [7, 11) is 0. The Labute approximate surface area is 179 Å². The number of nitrogens with zero attached hydrogens (tertiary/aromatic N) is 6. The topological polar surface area (TPSA) is 86.9 Å². The van der Waals surface area contributed by atoms with E-state index in [0.29, 0.717) is 11.6 Å². The highest BCUT2D eigenvalue weighted by molar-refractivity contribution is 5.74. The van der Waals surface area contributed by atoms with Crippen molar-refractivity contribution in [2.45, 2.75) is 25.3 Å². The van der Waals surface area contributed by atoms with Crippen LogP contribution in [-0.4, -0.2) is 29.4 Å². The van der Waals surface area contributed by atoms with Gasteiger partial charge in [0.25, 0.3) is 0 Å². The predicted molar refractivity (Wildman–Crippen MR) is 119 cm³/mol. The normalized spacial score (nSPS) is 13.7. The van der Waals surface area contributed by atoms with Crippen molar-refractivity contribution in [1.29, 1.82) is 0 Å². The van der Waals surface area contributed by atoms with Crippen LogP contribution in [-0.2, 0) is 6.54 Å². The van der Waals surface area contributed by atoms with Gasteiger partial charge >= 0.3 is 0 Å². The molecule has 1 aromatic carbocycles. The number of nitrogens with two attached hydrogens (primary N) is 1. The molecule has 0 spiro atoms. The predicted octanol–water partition coefficient (Wildman–Crippen LogP) is 4.16. The minimum atomic E-state index is 0.251. The molecule has 0 amide bonds. The molecule has 31 heavy (non-hydrogen) atoms. The average Bonchev–Trinajstić information content (AvgIpc) is 3.42. The van der Waals surface area contributed by atoms with Crippen LogP contribution in [0.3, 0.4) is 0 Å². The van der Waals surface area contributed by atoms with E-state index < -0.39 is 0 Å². The van der Waals surface area contributed by atoms with Gasteiger partial charge in [-0.05, 0) is 48.2 Å². The minimum absolute atomic E-state index is 0.251. The zero-order chi connectivity index (χ0) is 20.8. The van der Waals surface area contributed by atoms with Crippen LogP contribution in [0.15, 0.2) is 73.2 Å². The fraction of sp³-hybridized carbons (Fsp3) is 0.167. The number of rotatable bonds is 5. The molecule has 0 atom stereocenters. The zero-order valence-electron chi connectivity index (χ0n) is 16.9. The third-order valence-corrected chi connectivity index (χ3v) is 5.69. The lowest BCUT2D eigenvalue weighted by molar-refractivity contribution is 0.687. The maximum Gasteiger partial charge on any atom is 0.240 e. The zero-order valence-corrected chi connectivity index (χ0v) is 16.9. The quantitative estimate of drug-likeness (QED) is 0.473. The summed E-state index contributed by atoms with van der Waals surface area (Å²) < 4.78 is 3.72. The van der Waals surface area contributed by atoms with Crippen molar-refractivity contribution < 1.29 is 0 Å². The van der Waals surface area contributed by atoms with Gasteiger partial charge in [0.05, 0.1) is 18.4 Å². The molecule has 0 saturated heterocycles. The summed E-state index contributed by atoms with van der Waals surface area (Å²) in [6.45, 7) is 0.723. The van der Waals surface area contributed by atoms with E-state index in [4.69, 9.17) is 5.73 Å². The summed E-state index contributed by atoms with van der Waals surface area (Å²) in [6.07, 6.45) is 8.32. The van der Waals surface area contributed by atoms with E-state index in [-0.39, 0.29) is 5.95 Å². The largest absolute Gasteiger partial charge is 0.366 e. The molecule has 7 heteroatoms. The molecule has 1 aliphatic rings. The van der Waals surface area contributed by atoms with Crippen molar-refractivity contribution in [2.75, 3.05) is 5.73 Å². The highest BCUT2D eigenvalue weighted by Crippen LogP contribution is 2.39. The molecule has 152 valence electrons. The molecule has 5 aromatic rings. The van der Waals surface area contributed by atoms with Crippen molar-refractivity contribution >= 4 is 11.6 Å². The van der Waals surface area contributed by atoms with E-state index in [9.17, 15) is 0 Å². The van der Waals surface area contributed by atoms with Crippen molar-refractivity contribution in [3.8, 4) is 22.4 Å². The second-order valence-electron chi connectivity index (χ2n) is 8.03. The highest BCUT2D eigenvalue weighted by Gasteiger charge is 2.24. The Morgan fingerprint density at radius 1 is 0.935 bits per heavy atom. The van der Waals surface area contributed by atoms with Crippen molar-refractivity contribution in [2.24, 2.45) is 0 Å². The first kappa shape index (κ1) is 17.8. The number of pyridine rings is 2. The summed E-state index contributed by atoms with van der Waals surface area (Å²) >= 11 is 0. The van der Waals surface area contributed by atoms with E-state index in [1.165, 1.54) is 18.4 Å². The Balaban J connectivity index is 1.40. The maximum atomic E-state index is 5.91. The van der Waals surface area contributed by atoms with E-state index >= 15 is 0 Å². The Bertz CT molecular complexity index is 1360. The fourth-order valence-electron chi connectivity index (χ4n) is 3.92. The van der Waals surface area contributed by atoms with Gasteiger partial charge in [0, 0.05) is 35.1 Å². The second kappa shape index (κ2) is 7.05.